The van der Waals surface area contributed by atoms with E-state index < -0.39 is 23.8 Å². The van der Waals surface area contributed by atoms with Crippen molar-refractivity contribution in [3.63, 3.8) is 0 Å². The SMILES string of the molecule is CC1(C)O[C@@H]([C@H]2COC(C)(C)O2)[C@H](CN2C(=O)CNC(=O)c3ccccc32)O1. The Balaban J connectivity index is 1.61. The number of hydrogen-bond donors (Lipinski definition) is 1. The zero-order valence-electron chi connectivity index (χ0n) is 16.6. The molecule has 28 heavy (non-hydrogen) atoms. The smallest absolute Gasteiger partial charge is 0.253 e. The molecular weight excluding hydrogens is 364 g/mol. The summed E-state index contributed by atoms with van der Waals surface area (Å²) in [6.07, 6.45) is -1.13. The lowest BCUT2D eigenvalue weighted by Crippen LogP contribution is -2.47. The van der Waals surface area contributed by atoms with Crippen LogP contribution in [0.15, 0.2) is 24.3 Å². The van der Waals surface area contributed by atoms with Crippen molar-refractivity contribution in [3.05, 3.63) is 29.8 Å². The summed E-state index contributed by atoms with van der Waals surface area (Å²) < 4.78 is 23.9. The van der Waals surface area contributed by atoms with Crippen LogP contribution in [0.4, 0.5) is 5.69 Å². The standard InChI is InChI=1S/C20H26N2O6/c1-19(2)25-11-15(27-19)17-14(26-20(3,4)28-17)10-22-13-8-6-5-7-12(13)18(24)21-9-16(22)23/h5-8,14-15,17H,9-11H2,1-4H3,(H,21,24)/t14-,15+,17+/m0/s1. The number of nitrogens with one attached hydrogen (secondary N) is 1. The van der Waals surface area contributed by atoms with E-state index in [4.69, 9.17) is 18.9 Å². The summed E-state index contributed by atoms with van der Waals surface area (Å²) in [6, 6.07) is 7.06. The van der Waals surface area contributed by atoms with Crippen LogP contribution in [0.3, 0.4) is 0 Å². The average Bonchev–Trinajstić information content (AvgIpc) is 3.11. The Morgan fingerprint density at radius 2 is 1.82 bits per heavy atom. The number of amides is 2. The van der Waals surface area contributed by atoms with Crippen molar-refractivity contribution in [1.82, 2.24) is 5.32 Å². The fourth-order valence-electron chi connectivity index (χ4n) is 3.96. The Morgan fingerprint density at radius 3 is 2.54 bits per heavy atom. The highest BCUT2D eigenvalue weighted by Gasteiger charge is 2.50. The topological polar surface area (TPSA) is 86.3 Å². The van der Waals surface area contributed by atoms with Crippen molar-refractivity contribution in [2.75, 3.05) is 24.6 Å². The summed E-state index contributed by atoms with van der Waals surface area (Å²) in [5.41, 5.74) is 1.03. The van der Waals surface area contributed by atoms with Gasteiger partial charge in [0.25, 0.3) is 5.91 Å². The van der Waals surface area contributed by atoms with E-state index in [1.54, 1.807) is 23.1 Å². The van der Waals surface area contributed by atoms with Gasteiger partial charge in [-0.3, -0.25) is 9.59 Å². The van der Waals surface area contributed by atoms with Gasteiger partial charge in [-0.25, -0.2) is 0 Å². The van der Waals surface area contributed by atoms with Crippen LogP contribution < -0.4 is 10.2 Å². The van der Waals surface area contributed by atoms with Crippen molar-refractivity contribution in [3.8, 4) is 0 Å². The van der Waals surface area contributed by atoms with Crippen LogP contribution in [0, 0.1) is 0 Å². The third-order valence-electron chi connectivity index (χ3n) is 5.12. The van der Waals surface area contributed by atoms with Gasteiger partial charge in [-0.15, -0.1) is 0 Å². The molecule has 0 aliphatic carbocycles. The van der Waals surface area contributed by atoms with E-state index in [1.807, 2.05) is 33.8 Å². The largest absolute Gasteiger partial charge is 0.348 e. The molecule has 0 radical (unpaired) electrons. The monoisotopic (exact) mass is 390 g/mol. The number of fused-ring (bicyclic) bond motifs is 1. The molecule has 0 aromatic heterocycles. The number of carbonyl (C=O) groups is 2. The molecule has 1 N–H and O–H groups in total. The van der Waals surface area contributed by atoms with Crippen molar-refractivity contribution in [1.29, 1.82) is 0 Å². The highest BCUT2D eigenvalue weighted by Crippen LogP contribution is 2.36. The van der Waals surface area contributed by atoms with Gasteiger partial charge in [-0.2, -0.15) is 0 Å². The lowest BCUT2D eigenvalue weighted by Gasteiger charge is -2.29. The van der Waals surface area contributed by atoms with Crippen LogP contribution in [0.1, 0.15) is 38.1 Å². The van der Waals surface area contributed by atoms with Crippen LogP contribution in [0.2, 0.25) is 0 Å². The maximum atomic E-state index is 12.8. The highest BCUT2D eigenvalue weighted by atomic mass is 16.8. The first-order valence-corrected chi connectivity index (χ1v) is 9.50. The number of hydrogen-bond acceptors (Lipinski definition) is 6. The molecule has 1 aromatic rings. The molecule has 0 unspecified atom stereocenters. The van der Waals surface area contributed by atoms with Crippen LogP contribution in [0.5, 0.6) is 0 Å². The Morgan fingerprint density at radius 1 is 1.07 bits per heavy atom. The Kier molecular flexibility index (Phi) is 4.70. The molecule has 8 nitrogen and oxygen atoms in total. The van der Waals surface area contributed by atoms with Gasteiger partial charge in [0.2, 0.25) is 5.91 Å². The number of anilines is 1. The van der Waals surface area contributed by atoms with E-state index in [1.165, 1.54) is 0 Å². The number of ether oxygens (including phenoxy) is 4. The Hall–Kier alpha value is -2.00. The van der Waals surface area contributed by atoms with E-state index in [0.717, 1.165) is 0 Å². The van der Waals surface area contributed by atoms with E-state index in [2.05, 4.69) is 5.32 Å². The van der Waals surface area contributed by atoms with Gasteiger partial charge in [0.05, 0.1) is 30.9 Å². The molecule has 8 heteroatoms. The van der Waals surface area contributed by atoms with E-state index in [9.17, 15) is 9.59 Å². The normalized spacial score (nSPS) is 31.4. The summed E-state index contributed by atoms with van der Waals surface area (Å²) in [7, 11) is 0. The summed E-state index contributed by atoms with van der Waals surface area (Å²) in [5, 5.41) is 2.65. The molecule has 1 aromatic carbocycles. The first kappa shape index (κ1) is 19.3. The number of rotatable bonds is 3. The first-order chi connectivity index (χ1) is 13.2. The van der Waals surface area contributed by atoms with Crippen molar-refractivity contribution < 1.29 is 28.5 Å². The Bertz CT molecular complexity index is 793. The van der Waals surface area contributed by atoms with E-state index >= 15 is 0 Å². The zero-order chi connectivity index (χ0) is 20.1. The Labute approximate surface area is 164 Å². The van der Waals surface area contributed by atoms with Crippen LogP contribution in [-0.4, -0.2) is 61.4 Å². The summed E-state index contributed by atoms with van der Waals surface area (Å²) in [4.78, 5) is 26.7. The second kappa shape index (κ2) is 6.81. The van der Waals surface area contributed by atoms with Gasteiger partial charge in [-0.05, 0) is 39.8 Å². The van der Waals surface area contributed by atoms with Gasteiger partial charge in [0, 0.05) is 0 Å². The second-order valence-corrected chi connectivity index (χ2v) is 8.21. The summed E-state index contributed by atoms with van der Waals surface area (Å²) in [6.45, 7) is 7.96. The van der Waals surface area contributed by atoms with E-state index in [-0.39, 0.29) is 31.0 Å². The zero-order valence-corrected chi connectivity index (χ0v) is 16.6. The predicted molar refractivity (Wildman–Crippen MR) is 99.9 cm³/mol. The predicted octanol–water partition coefficient (Wildman–Crippen LogP) is 1.43. The number of nitrogens with zero attached hydrogens (tertiary/aromatic N) is 1. The highest BCUT2D eigenvalue weighted by molar-refractivity contribution is 6.09. The molecular formula is C20H26N2O6. The van der Waals surface area contributed by atoms with Gasteiger partial charge >= 0.3 is 0 Å². The third kappa shape index (κ3) is 3.65. The number of para-hydroxylation sites is 1. The van der Waals surface area contributed by atoms with Crippen LogP contribution in [-0.2, 0) is 23.7 Å². The number of carbonyl (C=O) groups excluding carboxylic acids is 2. The minimum absolute atomic E-state index is 0.0643. The maximum absolute atomic E-state index is 12.8. The van der Waals surface area contributed by atoms with Gasteiger partial charge in [-0.1, -0.05) is 12.1 Å². The fourth-order valence-corrected chi connectivity index (χ4v) is 3.96. The molecule has 4 rings (SSSR count). The first-order valence-electron chi connectivity index (χ1n) is 9.50. The molecule has 2 fully saturated rings. The quantitative estimate of drug-likeness (QED) is 0.840. The van der Waals surface area contributed by atoms with Crippen molar-refractivity contribution in [2.24, 2.45) is 0 Å². The van der Waals surface area contributed by atoms with Gasteiger partial charge < -0.3 is 29.2 Å². The van der Waals surface area contributed by atoms with Crippen molar-refractivity contribution in [2.45, 2.75) is 57.6 Å². The summed E-state index contributed by atoms with van der Waals surface area (Å²) >= 11 is 0. The minimum Gasteiger partial charge on any atom is -0.348 e. The van der Waals surface area contributed by atoms with Crippen LogP contribution >= 0.6 is 0 Å². The molecule has 3 aliphatic heterocycles. The molecule has 3 aliphatic rings. The molecule has 0 bridgehead atoms. The molecule has 152 valence electrons. The van der Waals surface area contributed by atoms with Crippen LogP contribution in [0.25, 0.3) is 0 Å². The van der Waals surface area contributed by atoms with Gasteiger partial charge in [0.15, 0.2) is 11.6 Å². The fraction of sp³-hybridized carbons (Fsp3) is 0.600. The molecule has 2 saturated heterocycles. The summed E-state index contributed by atoms with van der Waals surface area (Å²) in [5.74, 6) is -1.96. The minimum atomic E-state index is -0.812. The number of benzene rings is 1. The van der Waals surface area contributed by atoms with E-state index in [0.29, 0.717) is 17.9 Å². The molecule has 3 heterocycles. The van der Waals surface area contributed by atoms with Gasteiger partial charge in [0.1, 0.15) is 18.3 Å². The molecule has 0 spiro atoms. The molecule has 0 saturated carbocycles. The maximum Gasteiger partial charge on any atom is 0.253 e. The average molecular weight is 390 g/mol. The molecule has 3 atom stereocenters. The third-order valence-corrected chi connectivity index (χ3v) is 5.12. The molecule has 2 amide bonds. The lowest BCUT2D eigenvalue weighted by molar-refractivity contribution is -0.174. The second-order valence-electron chi connectivity index (χ2n) is 8.21. The lowest BCUT2D eigenvalue weighted by atomic mass is 10.1. The van der Waals surface area contributed by atoms with Crippen molar-refractivity contribution >= 4 is 17.5 Å².